The number of esters is 1. The van der Waals surface area contributed by atoms with E-state index in [1.807, 2.05) is 36.4 Å². The Labute approximate surface area is 156 Å². The van der Waals surface area contributed by atoms with Gasteiger partial charge < -0.3 is 10.1 Å². The van der Waals surface area contributed by atoms with Crippen LogP contribution in [0.4, 0.5) is 5.69 Å². The zero-order valence-corrected chi connectivity index (χ0v) is 14.8. The molecule has 0 aliphatic carbocycles. The van der Waals surface area contributed by atoms with Crippen LogP contribution in [0.1, 0.15) is 17.5 Å². The Hall–Kier alpha value is -3.48. The number of ether oxygens (including phenoxy) is 1. The number of carbonyl (C=O) groups excluding carboxylic acids is 2. The van der Waals surface area contributed by atoms with Crippen molar-refractivity contribution in [1.82, 2.24) is 5.32 Å². The van der Waals surface area contributed by atoms with Crippen LogP contribution in [-0.4, -0.2) is 30.0 Å². The smallest absolute Gasteiger partial charge is 0.328 e. The van der Waals surface area contributed by atoms with Crippen molar-refractivity contribution in [3.05, 3.63) is 81.9 Å². The molecular formula is C20H20N2O5. The molecule has 0 spiro atoms. The van der Waals surface area contributed by atoms with E-state index in [0.29, 0.717) is 5.56 Å². The van der Waals surface area contributed by atoms with Gasteiger partial charge in [0, 0.05) is 12.1 Å². The number of amides is 1. The van der Waals surface area contributed by atoms with Gasteiger partial charge in [-0.1, -0.05) is 54.6 Å². The molecule has 0 bridgehead atoms. The van der Waals surface area contributed by atoms with Gasteiger partial charge in [0.1, 0.15) is 6.04 Å². The standard InChI is InChI=1S/C20H20N2O5/c1-27-20(24)18(12-6-9-15-7-3-2-4-8-15)21-19(23)14-16-10-5-11-17(13-16)22(25)26/h2-11,13,18H,12,14H2,1H3,(H,21,23)/b9-6+/t18-/m0/s1. The molecule has 2 aromatic carbocycles. The monoisotopic (exact) mass is 368 g/mol. The SMILES string of the molecule is COC(=O)[C@H](C/C=C/c1ccccc1)NC(=O)Cc1cccc([N+](=O)[O-])c1. The molecule has 0 radical (unpaired) electrons. The van der Waals surface area contributed by atoms with Crippen molar-refractivity contribution in [1.29, 1.82) is 0 Å². The fraction of sp³-hybridized carbons (Fsp3) is 0.200. The number of benzene rings is 2. The predicted octanol–water partition coefficient (Wildman–Crippen LogP) is 2.90. The molecule has 1 amide bonds. The first-order valence-electron chi connectivity index (χ1n) is 8.31. The molecule has 2 rings (SSSR count). The zero-order chi connectivity index (χ0) is 19.6. The molecule has 0 fully saturated rings. The minimum atomic E-state index is -0.832. The molecule has 1 N–H and O–H groups in total. The predicted molar refractivity (Wildman–Crippen MR) is 101 cm³/mol. The van der Waals surface area contributed by atoms with Gasteiger partial charge in [0.2, 0.25) is 5.91 Å². The first-order chi connectivity index (χ1) is 13.0. The topological polar surface area (TPSA) is 98.5 Å². The first-order valence-corrected chi connectivity index (χ1v) is 8.31. The van der Waals surface area contributed by atoms with Crippen LogP contribution in [0.5, 0.6) is 0 Å². The normalized spacial score (nSPS) is 11.7. The summed E-state index contributed by atoms with van der Waals surface area (Å²) in [6.45, 7) is 0. The van der Waals surface area contributed by atoms with Crippen molar-refractivity contribution in [2.24, 2.45) is 0 Å². The third kappa shape index (κ3) is 6.39. The second-order valence-corrected chi connectivity index (χ2v) is 5.80. The van der Waals surface area contributed by atoms with Crippen molar-refractivity contribution in [3.63, 3.8) is 0 Å². The minimum Gasteiger partial charge on any atom is -0.467 e. The van der Waals surface area contributed by atoms with Gasteiger partial charge in [-0.05, 0) is 17.5 Å². The summed E-state index contributed by atoms with van der Waals surface area (Å²) in [6.07, 6.45) is 3.83. The van der Waals surface area contributed by atoms with E-state index in [1.165, 1.54) is 25.3 Å². The highest BCUT2D eigenvalue weighted by Crippen LogP contribution is 2.13. The van der Waals surface area contributed by atoms with Gasteiger partial charge in [-0.2, -0.15) is 0 Å². The average Bonchev–Trinajstić information content (AvgIpc) is 2.67. The van der Waals surface area contributed by atoms with E-state index in [-0.39, 0.29) is 18.5 Å². The maximum absolute atomic E-state index is 12.2. The van der Waals surface area contributed by atoms with Gasteiger partial charge in [-0.25, -0.2) is 4.79 Å². The fourth-order valence-electron chi connectivity index (χ4n) is 2.47. The molecule has 7 heteroatoms. The molecule has 7 nitrogen and oxygen atoms in total. The summed E-state index contributed by atoms with van der Waals surface area (Å²) >= 11 is 0. The molecule has 0 aliphatic rings. The van der Waals surface area contributed by atoms with Gasteiger partial charge in [-0.3, -0.25) is 14.9 Å². The van der Waals surface area contributed by atoms with E-state index in [1.54, 1.807) is 12.1 Å². The Balaban J connectivity index is 1.99. The van der Waals surface area contributed by atoms with E-state index >= 15 is 0 Å². The van der Waals surface area contributed by atoms with E-state index in [0.717, 1.165) is 5.56 Å². The first kappa shape index (κ1) is 19.8. The number of hydrogen-bond acceptors (Lipinski definition) is 5. The van der Waals surface area contributed by atoms with Crippen molar-refractivity contribution in [2.45, 2.75) is 18.9 Å². The number of carbonyl (C=O) groups is 2. The number of nitro groups is 1. The average molecular weight is 368 g/mol. The van der Waals surface area contributed by atoms with Crippen LogP contribution in [0.3, 0.4) is 0 Å². The van der Waals surface area contributed by atoms with Crippen LogP contribution < -0.4 is 5.32 Å². The number of rotatable bonds is 8. The summed E-state index contributed by atoms with van der Waals surface area (Å²) < 4.78 is 4.74. The molecule has 0 unspecified atom stereocenters. The quantitative estimate of drug-likeness (QED) is 0.439. The minimum absolute atomic E-state index is 0.0719. The highest BCUT2D eigenvalue weighted by Gasteiger charge is 2.20. The highest BCUT2D eigenvalue weighted by atomic mass is 16.6. The van der Waals surface area contributed by atoms with Gasteiger partial charge in [0.05, 0.1) is 18.5 Å². The molecule has 0 saturated heterocycles. The lowest BCUT2D eigenvalue weighted by Crippen LogP contribution is -2.41. The van der Waals surface area contributed by atoms with Crippen LogP contribution in [-0.2, 0) is 20.7 Å². The summed E-state index contributed by atoms with van der Waals surface area (Å²) in [5.41, 5.74) is 1.38. The summed E-state index contributed by atoms with van der Waals surface area (Å²) in [4.78, 5) is 34.5. The third-order valence-electron chi connectivity index (χ3n) is 3.79. The van der Waals surface area contributed by atoms with E-state index < -0.39 is 22.8 Å². The van der Waals surface area contributed by atoms with Crippen LogP contribution in [0.2, 0.25) is 0 Å². The maximum atomic E-state index is 12.2. The van der Waals surface area contributed by atoms with Crippen LogP contribution in [0.15, 0.2) is 60.7 Å². The fourth-order valence-corrected chi connectivity index (χ4v) is 2.47. The molecule has 27 heavy (non-hydrogen) atoms. The lowest BCUT2D eigenvalue weighted by Gasteiger charge is -2.15. The molecule has 0 heterocycles. The molecular weight excluding hydrogens is 348 g/mol. The van der Waals surface area contributed by atoms with Crippen molar-refractivity contribution in [3.8, 4) is 0 Å². The Morgan fingerprint density at radius 2 is 1.93 bits per heavy atom. The van der Waals surface area contributed by atoms with Gasteiger partial charge in [0.15, 0.2) is 0 Å². The van der Waals surface area contributed by atoms with Gasteiger partial charge in [-0.15, -0.1) is 0 Å². The number of hydrogen-bond donors (Lipinski definition) is 1. The summed E-state index contributed by atoms with van der Waals surface area (Å²) in [5.74, 6) is -0.973. The number of nitro benzene ring substituents is 1. The Kier molecular flexibility index (Phi) is 7.25. The van der Waals surface area contributed by atoms with E-state index in [4.69, 9.17) is 4.74 Å². The summed E-state index contributed by atoms with van der Waals surface area (Å²) in [7, 11) is 1.25. The van der Waals surface area contributed by atoms with Crippen molar-refractivity contribution in [2.75, 3.05) is 7.11 Å². The third-order valence-corrected chi connectivity index (χ3v) is 3.79. The number of nitrogens with one attached hydrogen (secondary N) is 1. The largest absolute Gasteiger partial charge is 0.467 e. The lowest BCUT2D eigenvalue weighted by molar-refractivity contribution is -0.384. The van der Waals surface area contributed by atoms with E-state index in [9.17, 15) is 19.7 Å². The van der Waals surface area contributed by atoms with Crippen LogP contribution >= 0.6 is 0 Å². The zero-order valence-electron chi connectivity index (χ0n) is 14.8. The molecule has 0 aromatic heterocycles. The molecule has 0 aliphatic heterocycles. The van der Waals surface area contributed by atoms with Crippen molar-refractivity contribution < 1.29 is 19.2 Å². The molecule has 1 atom stereocenters. The lowest BCUT2D eigenvalue weighted by atomic mass is 10.1. The van der Waals surface area contributed by atoms with E-state index in [2.05, 4.69) is 5.32 Å². The second-order valence-electron chi connectivity index (χ2n) is 5.80. The molecule has 2 aromatic rings. The van der Waals surface area contributed by atoms with Crippen LogP contribution in [0, 0.1) is 10.1 Å². The number of methoxy groups -OCH3 is 1. The highest BCUT2D eigenvalue weighted by molar-refractivity contribution is 5.85. The van der Waals surface area contributed by atoms with Gasteiger partial charge in [0.25, 0.3) is 5.69 Å². The summed E-state index contributed by atoms with van der Waals surface area (Å²) in [5, 5.41) is 13.4. The molecule has 140 valence electrons. The van der Waals surface area contributed by atoms with Crippen LogP contribution in [0.25, 0.3) is 6.08 Å². The number of nitrogens with zero attached hydrogens (tertiary/aromatic N) is 1. The Bertz CT molecular complexity index is 833. The Morgan fingerprint density at radius 1 is 1.19 bits per heavy atom. The number of non-ortho nitro benzene ring substituents is 1. The second kappa shape index (κ2) is 9.86. The van der Waals surface area contributed by atoms with Crippen molar-refractivity contribution >= 4 is 23.6 Å². The summed E-state index contributed by atoms with van der Waals surface area (Å²) in [6, 6.07) is 14.5. The van der Waals surface area contributed by atoms with Gasteiger partial charge >= 0.3 is 5.97 Å². The molecule has 0 saturated carbocycles. The maximum Gasteiger partial charge on any atom is 0.328 e. The Morgan fingerprint density at radius 3 is 2.59 bits per heavy atom.